The molecule has 0 spiro atoms. The number of carbonyl (C=O) groups is 3. The number of ether oxygens (including phenoxy) is 1. The highest BCUT2D eigenvalue weighted by molar-refractivity contribution is 6.20. The zero-order valence-electron chi connectivity index (χ0n) is 18.7. The zero-order chi connectivity index (χ0) is 22.8. The first kappa shape index (κ1) is 22.1. The van der Waals surface area contributed by atoms with Crippen LogP contribution in [0, 0.1) is 16.7 Å². The molecule has 1 heterocycles. The van der Waals surface area contributed by atoms with Crippen molar-refractivity contribution >= 4 is 17.3 Å². The van der Waals surface area contributed by atoms with Crippen LogP contribution in [0.3, 0.4) is 0 Å². The number of ketones is 3. The number of carbonyl (C=O) groups excluding carboxylic acids is 3. The number of phenols is 2. The van der Waals surface area contributed by atoms with Crippen LogP contribution in [0.5, 0.6) is 17.2 Å². The number of phenolic OH excluding ortho intramolecular Hbond substituents is 2. The van der Waals surface area contributed by atoms with Gasteiger partial charge in [0.2, 0.25) is 0 Å². The number of benzene rings is 1. The third-order valence-electron chi connectivity index (χ3n) is 6.25. The highest BCUT2D eigenvalue weighted by Crippen LogP contribution is 2.57. The molecule has 1 atom stereocenters. The van der Waals surface area contributed by atoms with Gasteiger partial charge in [-0.1, -0.05) is 20.8 Å². The Morgan fingerprint density at radius 3 is 2.23 bits per heavy atom. The van der Waals surface area contributed by atoms with Crippen LogP contribution >= 0.6 is 0 Å². The largest absolute Gasteiger partial charge is 0.507 e. The molecule has 1 aliphatic carbocycles. The number of aromatic hydroxyl groups is 2. The number of hydrogen-bond donors (Lipinski definition) is 2. The average Bonchev–Trinajstić information content (AvgIpc) is 2.64. The molecule has 0 fully saturated rings. The van der Waals surface area contributed by atoms with Crippen molar-refractivity contribution in [3.05, 3.63) is 28.5 Å². The maximum atomic E-state index is 13.5. The van der Waals surface area contributed by atoms with E-state index in [9.17, 15) is 24.6 Å². The normalized spacial score (nSPS) is 21.9. The van der Waals surface area contributed by atoms with Crippen LogP contribution in [0.1, 0.15) is 83.1 Å². The van der Waals surface area contributed by atoms with Crippen LogP contribution in [0.4, 0.5) is 0 Å². The van der Waals surface area contributed by atoms with E-state index in [2.05, 4.69) is 0 Å². The molecule has 1 aromatic carbocycles. The summed E-state index contributed by atoms with van der Waals surface area (Å²) in [6, 6.07) is 1.14. The minimum atomic E-state index is -1.23. The molecular formula is C24H30O6. The number of fused-ring (bicyclic) bond motifs is 1. The topological polar surface area (TPSA) is 101 Å². The summed E-state index contributed by atoms with van der Waals surface area (Å²) in [6.07, 6.45) is 0.641. The molecule has 2 aliphatic rings. The summed E-state index contributed by atoms with van der Waals surface area (Å²) in [5.74, 6) is -1.67. The Bertz CT molecular complexity index is 993. The van der Waals surface area contributed by atoms with Gasteiger partial charge in [0.05, 0.1) is 10.8 Å². The number of Topliss-reactive ketones (excluding diaryl/α,β-unsaturated/α-hetero) is 3. The van der Waals surface area contributed by atoms with Crippen LogP contribution in [0.2, 0.25) is 0 Å². The van der Waals surface area contributed by atoms with Crippen molar-refractivity contribution in [2.75, 3.05) is 0 Å². The van der Waals surface area contributed by atoms with E-state index in [1.165, 1.54) is 0 Å². The van der Waals surface area contributed by atoms with Crippen LogP contribution in [-0.4, -0.2) is 27.6 Å². The lowest BCUT2D eigenvalue weighted by molar-refractivity contribution is -0.144. The fraction of sp³-hybridized carbons (Fsp3) is 0.542. The zero-order valence-corrected chi connectivity index (χ0v) is 18.7. The number of allylic oxidation sites excluding steroid dienone is 2. The molecule has 30 heavy (non-hydrogen) atoms. The van der Waals surface area contributed by atoms with Crippen LogP contribution < -0.4 is 4.74 Å². The summed E-state index contributed by atoms with van der Waals surface area (Å²) in [5.41, 5.74) is -1.65. The fourth-order valence-corrected chi connectivity index (χ4v) is 4.75. The van der Waals surface area contributed by atoms with Gasteiger partial charge >= 0.3 is 0 Å². The number of hydrogen-bond acceptors (Lipinski definition) is 6. The molecule has 162 valence electrons. The van der Waals surface area contributed by atoms with E-state index < -0.39 is 16.7 Å². The highest BCUT2D eigenvalue weighted by atomic mass is 16.5. The van der Waals surface area contributed by atoms with Gasteiger partial charge in [-0.15, -0.1) is 0 Å². The molecule has 6 heteroatoms. The molecule has 1 aliphatic heterocycles. The van der Waals surface area contributed by atoms with Gasteiger partial charge in [0.1, 0.15) is 28.6 Å². The molecule has 2 N–H and O–H groups in total. The molecule has 1 unspecified atom stereocenters. The van der Waals surface area contributed by atoms with Gasteiger partial charge in [-0.05, 0) is 40.0 Å². The Labute approximate surface area is 176 Å². The second kappa shape index (κ2) is 6.96. The quantitative estimate of drug-likeness (QED) is 0.548. The predicted octanol–water partition coefficient (Wildman–Crippen LogP) is 4.67. The second-order valence-electron chi connectivity index (χ2n) is 9.74. The highest BCUT2D eigenvalue weighted by Gasteiger charge is 2.57. The Hall–Kier alpha value is -2.63. The Balaban J connectivity index is 2.41. The van der Waals surface area contributed by atoms with Gasteiger partial charge in [-0.3, -0.25) is 14.4 Å². The monoisotopic (exact) mass is 414 g/mol. The minimum absolute atomic E-state index is 0.0221. The summed E-state index contributed by atoms with van der Waals surface area (Å²) in [4.78, 5) is 39.3. The fourth-order valence-electron chi connectivity index (χ4n) is 4.75. The molecule has 0 amide bonds. The third kappa shape index (κ3) is 2.96. The van der Waals surface area contributed by atoms with E-state index in [-0.39, 0.29) is 58.3 Å². The van der Waals surface area contributed by atoms with Crippen molar-refractivity contribution in [2.45, 2.75) is 67.2 Å². The summed E-state index contributed by atoms with van der Waals surface area (Å²) in [6.45, 7) is 12.3. The molecule has 6 nitrogen and oxygen atoms in total. The molecule has 3 rings (SSSR count). The van der Waals surface area contributed by atoms with Gasteiger partial charge < -0.3 is 14.9 Å². The lowest BCUT2D eigenvalue weighted by Crippen LogP contribution is -2.51. The Morgan fingerprint density at radius 1 is 1.10 bits per heavy atom. The van der Waals surface area contributed by atoms with E-state index in [4.69, 9.17) is 4.74 Å². The van der Waals surface area contributed by atoms with Gasteiger partial charge in [-0.25, -0.2) is 0 Å². The molecular weight excluding hydrogens is 384 g/mol. The number of rotatable bonds is 4. The average molecular weight is 414 g/mol. The van der Waals surface area contributed by atoms with E-state index in [1.54, 1.807) is 34.6 Å². The van der Waals surface area contributed by atoms with Crippen LogP contribution in [-0.2, 0) is 9.59 Å². The van der Waals surface area contributed by atoms with Crippen LogP contribution in [0.25, 0.3) is 0 Å². The molecule has 0 saturated carbocycles. The maximum absolute atomic E-state index is 13.5. The maximum Gasteiger partial charge on any atom is 0.175 e. The summed E-state index contributed by atoms with van der Waals surface area (Å²) in [7, 11) is 0. The van der Waals surface area contributed by atoms with Gasteiger partial charge in [0.25, 0.3) is 0 Å². The van der Waals surface area contributed by atoms with E-state index >= 15 is 0 Å². The minimum Gasteiger partial charge on any atom is -0.507 e. The van der Waals surface area contributed by atoms with Gasteiger partial charge in [0, 0.05) is 29.5 Å². The molecule has 0 aromatic heterocycles. The standard InChI is InChI=1S/C24H30O6/c1-8-13(25)18-15(27)10-14(26)16-12(9-11(2)3)17-20(28)23(4,5)22(29)24(6,7)21(17)30-19(16)18/h10-12,26-27H,8-9H2,1-7H3. The van der Waals surface area contributed by atoms with Crippen molar-refractivity contribution in [2.24, 2.45) is 16.7 Å². The Kier molecular flexibility index (Phi) is 5.12. The van der Waals surface area contributed by atoms with Crippen molar-refractivity contribution < 1.29 is 29.3 Å². The smallest absolute Gasteiger partial charge is 0.175 e. The van der Waals surface area contributed by atoms with Crippen molar-refractivity contribution in [3.8, 4) is 17.2 Å². The lowest BCUT2D eigenvalue weighted by atomic mass is 9.59. The van der Waals surface area contributed by atoms with E-state index in [0.717, 1.165) is 6.07 Å². The SMILES string of the molecule is CCC(=O)c1c(O)cc(O)c2c1OC1=C(C(=O)C(C)(C)C(=O)C1(C)C)C2CC(C)C. The predicted molar refractivity (Wildman–Crippen MR) is 112 cm³/mol. The third-order valence-corrected chi connectivity index (χ3v) is 6.25. The van der Waals surface area contributed by atoms with Crippen molar-refractivity contribution in [1.29, 1.82) is 0 Å². The molecule has 0 radical (unpaired) electrons. The van der Waals surface area contributed by atoms with Crippen molar-refractivity contribution in [1.82, 2.24) is 0 Å². The Morgan fingerprint density at radius 2 is 1.70 bits per heavy atom. The van der Waals surface area contributed by atoms with Crippen LogP contribution in [0.15, 0.2) is 17.4 Å². The first-order valence-electron chi connectivity index (χ1n) is 10.4. The second-order valence-corrected chi connectivity index (χ2v) is 9.74. The first-order chi connectivity index (χ1) is 13.8. The molecule has 0 saturated heterocycles. The molecule has 0 bridgehead atoms. The first-order valence-corrected chi connectivity index (χ1v) is 10.4. The molecule has 1 aromatic rings. The summed E-state index contributed by atoms with van der Waals surface area (Å²) >= 11 is 0. The van der Waals surface area contributed by atoms with Gasteiger partial charge in [0.15, 0.2) is 17.3 Å². The van der Waals surface area contributed by atoms with Crippen molar-refractivity contribution in [3.63, 3.8) is 0 Å². The lowest BCUT2D eigenvalue weighted by Gasteiger charge is -2.45. The van der Waals surface area contributed by atoms with E-state index in [0.29, 0.717) is 17.6 Å². The summed E-state index contributed by atoms with van der Waals surface area (Å²) in [5, 5.41) is 21.2. The van der Waals surface area contributed by atoms with E-state index in [1.807, 2.05) is 13.8 Å². The van der Waals surface area contributed by atoms with Gasteiger partial charge in [-0.2, -0.15) is 0 Å². The summed E-state index contributed by atoms with van der Waals surface area (Å²) < 4.78 is 6.11.